The second-order valence-corrected chi connectivity index (χ2v) is 2.89. The number of rotatable bonds is 1. The first kappa shape index (κ1) is 8.18. The molecule has 0 amide bonds. The van der Waals surface area contributed by atoms with E-state index in [9.17, 15) is 0 Å². The molecule has 0 spiro atoms. The fraction of sp³-hybridized carbons (Fsp3) is 0.143. The fourth-order valence-corrected chi connectivity index (χ4v) is 1.19. The minimum atomic E-state index is 0.355. The van der Waals surface area contributed by atoms with Crippen LogP contribution in [0.15, 0.2) is 16.6 Å². The van der Waals surface area contributed by atoms with Crippen LogP contribution in [0, 0.1) is 11.3 Å². The molecule has 0 fully saturated rings. The molecule has 11 heavy (non-hydrogen) atoms. The van der Waals surface area contributed by atoms with Crippen LogP contribution in [0.1, 0.15) is 11.4 Å². The summed E-state index contributed by atoms with van der Waals surface area (Å²) in [5.74, 6) is 0. The summed E-state index contributed by atoms with van der Waals surface area (Å²) in [6, 6.07) is 5.39. The number of nitrogens with zero attached hydrogens (tertiary/aromatic N) is 2. The third-order valence-electron chi connectivity index (χ3n) is 1.17. The molecule has 56 valence electrons. The molecule has 0 unspecified atom stereocenters. The first-order chi connectivity index (χ1) is 5.26. The molecule has 0 aliphatic heterocycles. The Labute approximate surface area is 73.0 Å². The fourth-order valence-electron chi connectivity index (χ4n) is 0.713. The molecule has 0 atom stereocenters. The molecular formula is C7H6BrN3. The number of nitriles is 1. The number of nitrogens with two attached hydrogens (primary N) is 1. The summed E-state index contributed by atoms with van der Waals surface area (Å²) in [6.45, 7) is 0.355. The highest BCUT2D eigenvalue weighted by Gasteiger charge is 1.97. The molecule has 2 N–H and O–H groups in total. The minimum absolute atomic E-state index is 0.355. The Morgan fingerprint density at radius 2 is 2.36 bits per heavy atom. The number of hydrogen-bond donors (Lipinski definition) is 1. The maximum Gasteiger partial charge on any atom is 0.141 e. The maximum atomic E-state index is 8.51. The summed E-state index contributed by atoms with van der Waals surface area (Å²) in [5, 5.41) is 8.51. The minimum Gasteiger partial charge on any atom is -0.325 e. The Kier molecular flexibility index (Phi) is 2.58. The highest BCUT2D eigenvalue weighted by molar-refractivity contribution is 9.10. The van der Waals surface area contributed by atoms with Gasteiger partial charge in [0.2, 0.25) is 0 Å². The van der Waals surface area contributed by atoms with Gasteiger partial charge in [-0.05, 0) is 12.1 Å². The molecular weight excluding hydrogens is 206 g/mol. The van der Waals surface area contributed by atoms with Gasteiger partial charge in [0.15, 0.2) is 0 Å². The maximum absolute atomic E-state index is 8.51. The summed E-state index contributed by atoms with van der Waals surface area (Å²) in [6.07, 6.45) is 0. The SMILES string of the molecule is N#Cc1cc(Br)cc(CN)n1. The molecule has 0 aromatic carbocycles. The molecule has 4 heteroatoms. The van der Waals surface area contributed by atoms with Crippen molar-refractivity contribution >= 4 is 15.9 Å². The molecule has 3 nitrogen and oxygen atoms in total. The van der Waals surface area contributed by atoms with Crippen LogP contribution in [-0.2, 0) is 6.54 Å². The van der Waals surface area contributed by atoms with Crippen molar-refractivity contribution in [1.29, 1.82) is 5.26 Å². The molecule has 1 rings (SSSR count). The zero-order valence-corrected chi connectivity index (χ0v) is 7.30. The number of halogens is 1. The summed E-state index contributed by atoms with van der Waals surface area (Å²) < 4.78 is 0.838. The van der Waals surface area contributed by atoms with E-state index in [-0.39, 0.29) is 0 Å². The first-order valence-electron chi connectivity index (χ1n) is 3.03. The Bertz CT molecular complexity index is 303. The average molecular weight is 212 g/mol. The van der Waals surface area contributed by atoms with E-state index in [1.165, 1.54) is 0 Å². The molecule has 0 saturated carbocycles. The highest BCUT2D eigenvalue weighted by Crippen LogP contribution is 2.11. The summed E-state index contributed by atoms with van der Waals surface area (Å²) >= 11 is 3.25. The first-order valence-corrected chi connectivity index (χ1v) is 3.82. The van der Waals surface area contributed by atoms with Crippen LogP contribution in [0.4, 0.5) is 0 Å². The largest absolute Gasteiger partial charge is 0.325 e. The van der Waals surface area contributed by atoms with Gasteiger partial charge in [-0.25, -0.2) is 4.98 Å². The Morgan fingerprint density at radius 1 is 1.64 bits per heavy atom. The van der Waals surface area contributed by atoms with Gasteiger partial charge in [0.1, 0.15) is 11.8 Å². The normalized spacial score (nSPS) is 9.18. The van der Waals surface area contributed by atoms with Crippen LogP contribution in [0.2, 0.25) is 0 Å². The van der Waals surface area contributed by atoms with Crippen LogP contribution in [-0.4, -0.2) is 4.98 Å². The van der Waals surface area contributed by atoms with Gasteiger partial charge in [0.05, 0.1) is 5.69 Å². The van der Waals surface area contributed by atoms with Crippen LogP contribution in [0.5, 0.6) is 0 Å². The van der Waals surface area contributed by atoms with Crippen molar-refractivity contribution in [3.63, 3.8) is 0 Å². The lowest BCUT2D eigenvalue weighted by atomic mass is 10.3. The van der Waals surface area contributed by atoms with E-state index in [1.807, 2.05) is 6.07 Å². The van der Waals surface area contributed by atoms with Gasteiger partial charge in [-0.3, -0.25) is 0 Å². The zero-order valence-electron chi connectivity index (χ0n) is 5.71. The van der Waals surface area contributed by atoms with Crippen LogP contribution in [0.25, 0.3) is 0 Å². The van der Waals surface area contributed by atoms with Crippen LogP contribution < -0.4 is 5.73 Å². The van der Waals surface area contributed by atoms with Crippen molar-refractivity contribution in [3.8, 4) is 6.07 Å². The van der Waals surface area contributed by atoms with Crippen molar-refractivity contribution in [2.45, 2.75) is 6.54 Å². The zero-order chi connectivity index (χ0) is 8.27. The summed E-state index contributed by atoms with van der Waals surface area (Å²) in [4.78, 5) is 3.95. The Balaban J connectivity index is 3.15. The van der Waals surface area contributed by atoms with Gasteiger partial charge in [-0.1, -0.05) is 15.9 Å². The topological polar surface area (TPSA) is 62.7 Å². The van der Waals surface area contributed by atoms with E-state index in [2.05, 4.69) is 20.9 Å². The standard InChI is InChI=1S/C7H6BrN3/c8-5-1-6(3-9)11-7(2-5)4-10/h1-2H,3,9H2. The molecule has 1 aromatic rings. The van der Waals surface area contributed by atoms with Crippen LogP contribution in [0.3, 0.4) is 0 Å². The van der Waals surface area contributed by atoms with E-state index in [0.717, 1.165) is 10.2 Å². The lowest BCUT2D eigenvalue weighted by Crippen LogP contribution is -2.00. The molecule has 1 aromatic heterocycles. The average Bonchev–Trinajstić information content (AvgIpc) is 2.03. The second kappa shape index (κ2) is 3.46. The Morgan fingerprint density at radius 3 is 2.91 bits per heavy atom. The van der Waals surface area contributed by atoms with Gasteiger partial charge in [0.25, 0.3) is 0 Å². The van der Waals surface area contributed by atoms with E-state index in [0.29, 0.717) is 12.2 Å². The quantitative estimate of drug-likeness (QED) is 0.759. The van der Waals surface area contributed by atoms with Gasteiger partial charge >= 0.3 is 0 Å². The van der Waals surface area contributed by atoms with Crippen molar-refractivity contribution in [2.75, 3.05) is 0 Å². The molecule has 0 bridgehead atoms. The van der Waals surface area contributed by atoms with Gasteiger partial charge in [-0.15, -0.1) is 0 Å². The molecule has 0 aliphatic carbocycles. The number of pyridine rings is 1. The van der Waals surface area contributed by atoms with Gasteiger partial charge in [-0.2, -0.15) is 5.26 Å². The van der Waals surface area contributed by atoms with Crippen LogP contribution >= 0.6 is 15.9 Å². The predicted molar refractivity (Wildman–Crippen MR) is 44.5 cm³/mol. The lowest BCUT2D eigenvalue weighted by molar-refractivity contribution is 0.979. The van der Waals surface area contributed by atoms with Crippen molar-refractivity contribution in [2.24, 2.45) is 5.73 Å². The summed E-state index contributed by atoms with van der Waals surface area (Å²) in [5.41, 5.74) is 6.46. The number of hydrogen-bond acceptors (Lipinski definition) is 3. The van der Waals surface area contributed by atoms with Crippen molar-refractivity contribution < 1.29 is 0 Å². The lowest BCUT2D eigenvalue weighted by Gasteiger charge is -1.96. The predicted octanol–water partition coefficient (Wildman–Crippen LogP) is 1.17. The summed E-state index contributed by atoms with van der Waals surface area (Å²) in [7, 11) is 0. The van der Waals surface area contributed by atoms with Crippen molar-refractivity contribution in [3.05, 3.63) is 28.0 Å². The van der Waals surface area contributed by atoms with Gasteiger partial charge < -0.3 is 5.73 Å². The van der Waals surface area contributed by atoms with Crippen molar-refractivity contribution in [1.82, 2.24) is 4.98 Å². The second-order valence-electron chi connectivity index (χ2n) is 1.98. The third-order valence-corrected chi connectivity index (χ3v) is 1.62. The molecule has 0 aliphatic rings. The molecule has 0 saturated heterocycles. The Hall–Kier alpha value is -0.920. The molecule has 1 heterocycles. The molecule has 0 radical (unpaired) electrons. The third kappa shape index (κ3) is 2.00. The number of aromatic nitrogens is 1. The van der Waals surface area contributed by atoms with E-state index >= 15 is 0 Å². The van der Waals surface area contributed by atoms with E-state index in [1.54, 1.807) is 12.1 Å². The highest BCUT2D eigenvalue weighted by atomic mass is 79.9. The smallest absolute Gasteiger partial charge is 0.141 e. The van der Waals surface area contributed by atoms with Gasteiger partial charge in [0, 0.05) is 11.0 Å². The monoisotopic (exact) mass is 211 g/mol. The van der Waals surface area contributed by atoms with E-state index in [4.69, 9.17) is 11.0 Å². The van der Waals surface area contributed by atoms with E-state index < -0.39 is 0 Å².